The van der Waals surface area contributed by atoms with Crippen molar-refractivity contribution in [3.63, 3.8) is 0 Å². The summed E-state index contributed by atoms with van der Waals surface area (Å²) in [6.07, 6.45) is -4.44. The first-order valence-electron chi connectivity index (χ1n) is 5.14. The first kappa shape index (κ1) is 15.7. The molecule has 0 bridgehead atoms. The van der Waals surface area contributed by atoms with Crippen LogP contribution in [0, 0.1) is 0 Å². The summed E-state index contributed by atoms with van der Waals surface area (Å²) in [6, 6.07) is 0. The first-order chi connectivity index (χ1) is 6.75. The van der Waals surface area contributed by atoms with Crippen LogP contribution < -0.4 is 4.98 Å². The van der Waals surface area contributed by atoms with Crippen molar-refractivity contribution in [3.8, 4) is 0 Å². The fraction of sp³-hybridized carbons (Fsp3) is 0.889. The predicted molar refractivity (Wildman–Crippen MR) is 64.6 cm³/mol. The molecule has 1 N–H and O–H groups in total. The molecule has 7 heteroatoms. The van der Waals surface area contributed by atoms with Crippen LogP contribution in [0.25, 0.3) is 0 Å². The monoisotopic (exact) mass is 271 g/mol. The molecule has 0 saturated heterocycles. The number of amides is 1. The molecule has 0 radical (unpaired) electrons. The first-order valence-corrected chi connectivity index (χ1v) is 12.2. The standard InChI is InChI=1S/C9H20F3NOSi2/c1-15(2,3)7(9(10,11)12)8(14)13-16(4,5)6/h7H,1-6H3,(H,13,14). The van der Waals surface area contributed by atoms with E-state index in [9.17, 15) is 18.0 Å². The molecule has 0 aliphatic carbocycles. The highest BCUT2D eigenvalue weighted by Crippen LogP contribution is 2.39. The van der Waals surface area contributed by atoms with Gasteiger partial charge in [-0.2, -0.15) is 13.2 Å². The summed E-state index contributed by atoms with van der Waals surface area (Å²) in [5.41, 5.74) is -1.81. The third-order valence-corrected chi connectivity index (χ3v) is 5.27. The average Bonchev–Trinajstić information content (AvgIpc) is 1.70. The maximum Gasteiger partial charge on any atom is 0.398 e. The van der Waals surface area contributed by atoms with Gasteiger partial charge in [-0.05, 0) is 0 Å². The van der Waals surface area contributed by atoms with Gasteiger partial charge in [-0.15, -0.1) is 0 Å². The number of alkyl halides is 3. The van der Waals surface area contributed by atoms with Crippen LogP contribution in [0.5, 0.6) is 0 Å². The molecule has 0 spiro atoms. The molecule has 0 aliphatic heterocycles. The molecule has 0 aromatic rings. The Balaban J connectivity index is 5.03. The van der Waals surface area contributed by atoms with Crippen molar-refractivity contribution < 1.29 is 18.0 Å². The van der Waals surface area contributed by atoms with Gasteiger partial charge in [0.15, 0.2) is 0 Å². The number of halogens is 3. The van der Waals surface area contributed by atoms with Gasteiger partial charge in [0.2, 0.25) is 5.91 Å². The van der Waals surface area contributed by atoms with Gasteiger partial charge in [0.25, 0.3) is 0 Å². The normalized spacial score (nSPS) is 15.8. The summed E-state index contributed by atoms with van der Waals surface area (Å²) in [6.45, 7) is 10.1. The van der Waals surface area contributed by atoms with Crippen LogP contribution in [-0.2, 0) is 4.79 Å². The number of carbonyl (C=O) groups is 1. The van der Waals surface area contributed by atoms with Gasteiger partial charge in [-0.1, -0.05) is 39.3 Å². The minimum atomic E-state index is -4.44. The average molecular weight is 271 g/mol. The van der Waals surface area contributed by atoms with Crippen molar-refractivity contribution in [2.24, 2.45) is 0 Å². The highest BCUT2D eigenvalue weighted by atomic mass is 28.3. The van der Waals surface area contributed by atoms with E-state index in [0.717, 1.165) is 0 Å². The highest BCUT2D eigenvalue weighted by Gasteiger charge is 2.52. The van der Waals surface area contributed by atoms with E-state index in [4.69, 9.17) is 0 Å². The van der Waals surface area contributed by atoms with Crippen LogP contribution in [-0.4, -0.2) is 28.4 Å². The lowest BCUT2D eigenvalue weighted by molar-refractivity contribution is -0.153. The number of hydrogen-bond donors (Lipinski definition) is 1. The molecule has 0 aromatic carbocycles. The second-order valence-corrected chi connectivity index (χ2v) is 16.1. The van der Waals surface area contributed by atoms with Gasteiger partial charge in [-0.25, -0.2) is 0 Å². The smallest absolute Gasteiger partial charge is 0.382 e. The molecule has 96 valence electrons. The zero-order chi connectivity index (χ0) is 13.4. The zero-order valence-corrected chi connectivity index (χ0v) is 12.6. The Morgan fingerprint density at radius 1 is 1.06 bits per heavy atom. The lowest BCUT2D eigenvalue weighted by atomic mass is 10.4. The summed E-state index contributed by atoms with van der Waals surface area (Å²) < 4.78 is 38.5. The summed E-state index contributed by atoms with van der Waals surface area (Å²) in [4.78, 5) is 14.2. The number of nitrogens with one attached hydrogen (secondary N) is 1. The molecule has 0 saturated carbocycles. The van der Waals surface area contributed by atoms with E-state index >= 15 is 0 Å². The van der Waals surface area contributed by atoms with Crippen LogP contribution in [0.4, 0.5) is 13.2 Å². The fourth-order valence-corrected chi connectivity index (χ4v) is 4.34. The minimum absolute atomic E-state index is 0.842. The Bertz CT molecular complexity index is 251. The Hall–Kier alpha value is -0.306. The van der Waals surface area contributed by atoms with Crippen LogP contribution in [0.15, 0.2) is 0 Å². The summed E-state index contributed by atoms with van der Waals surface area (Å²) >= 11 is 0. The molecule has 0 fully saturated rings. The van der Waals surface area contributed by atoms with Gasteiger partial charge >= 0.3 is 6.18 Å². The topological polar surface area (TPSA) is 29.1 Å². The minimum Gasteiger partial charge on any atom is -0.382 e. The Morgan fingerprint density at radius 3 is 1.62 bits per heavy atom. The molecular formula is C9H20F3NOSi2. The van der Waals surface area contributed by atoms with Crippen molar-refractivity contribution in [1.82, 2.24) is 4.98 Å². The van der Waals surface area contributed by atoms with E-state index < -0.39 is 33.9 Å². The Labute approximate surface area is 96.7 Å². The van der Waals surface area contributed by atoms with Gasteiger partial charge < -0.3 is 4.98 Å². The number of carbonyl (C=O) groups excluding carboxylic acids is 1. The lowest BCUT2D eigenvalue weighted by Gasteiger charge is -2.32. The zero-order valence-electron chi connectivity index (χ0n) is 10.6. The number of rotatable bonds is 3. The molecule has 16 heavy (non-hydrogen) atoms. The van der Waals surface area contributed by atoms with E-state index in [1.54, 1.807) is 19.6 Å². The van der Waals surface area contributed by atoms with Crippen LogP contribution in [0.3, 0.4) is 0 Å². The maximum atomic E-state index is 12.8. The third kappa shape index (κ3) is 5.15. The van der Waals surface area contributed by atoms with E-state index in [0.29, 0.717) is 0 Å². The highest BCUT2D eigenvalue weighted by molar-refractivity contribution is 6.82. The predicted octanol–water partition coefficient (Wildman–Crippen LogP) is 3.21. The quantitative estimate of drug-likeness (QED) is 0.785. The summed E-state index contributed by atoms with van der Waals surface area (Å²) in [5.74, 6) is -0.842. The molecule has 0 heterocycles. The molecule has 1 atom stereocenters. The van der Waals surface area contributed by atoms with E-state index in [2.05, 4.69) is 4.98 Å². The Kier molecular flexibility index (Phi) is 4.43. The SMILES string of the molecule is C[Si](C)(C)NC(=O)C(C(F)(F)F)[Si](C)(C)C. The lowest BCUT2D eigenvalue weighted by Crippen LogP contribution is -2.54. The number of hydrogen-bond acceptors (Lipinski definition) is 1. The van der Waals surface area contributed by atoms with Gasteiger partial charge in [0, 0.05) is 0 Å². The molecule has 0 aromatic heterocycles. The van der Waals surface area contributed by atoms with Crippen molar-refractivity contribution in [2.75, 3.05) is 0 Å². The van der Waals surface area contributed by atoms with E-state index in [1.165, 1.54) is 0 Å². The van der Waals surface area contributed by atoms with Gasteiger partial charge in [-0.3, -0.25) is 4.79 Å². The third-order valence-electron chi connectivity index (χ3n) is 1.95. The molecule has 0 rings (SSSR count). The molecule has 1 unspecified atom stereocenters. The molecular weight excluding hydrogens is 251 g/mol. The van der Waals surface area contributed by atoms with E-state index in [1.807, 2.05) is 19.6 Å². The molecule has 0 aliphatic rings. The van der Waals surface area contributed by atoms with Crippen molar-refractivity contribution in [2.45, 2.75) is 51.0 Å². The second-order valence-electron chi connectivity index (χ2n) is 6.08. The summed E-state index contributed by atoms with van der Waals surface area (Å²) in [5, 5.41) is 0. The van der Waals surface area contributed by atoms with Crippen molar-refractivity contribution in [3.05, 3.63) is 0 Å². The van der Waals surface area contributed by atoms with Gasteiger partial charge in [0.05, 0.1) is 8.07 Å². The van der Waals surface area contributed by atoms with Crippen LogP contribution >= 0.6 is 0 Å². The molecule has 2 nitrogen and oxygen atoms in total. The maximum absolute atomic E-state index is 12.8. The molecule has 1 amide bonds. The largest absolute Gasteiger partial charge is 0.398 e. The Morgan fingerprint density at radius 2 is 1.44 bits per heavy atom. The van der Waals surface area contributed by atoms with Crippen LogP contribution in [0.1, 0.15) is 0 Å². The van der Waals surface area contributed by atoms with Crippen LogP contribution in [0.2, 0.25) is 44.8 Å². The van der Waals surface area contributed by atoms with Gasteiger partial charge in [0.1, 0.15) is 13.8 Å². The van der Waals surface area contributed by atoms with Crippen molar-refractivity contribution >= 4 is 22.2 Å². The second kappa shape index (κ2) is 4.52. The van der Waals surface area contributed by atoms with E-state index in [-0.39, 0.29) is 0 Å². The van der Waals surface area contributed by atoms with Crippen molar-refractivity contribution in [1.29, 1.82) is 0 Å². The fourth-order valence-electron chi connectivity index (χ4n) is 1.47. The summed E-state index contributed by atoms with van der Waals surface area (Å²) in [7, 11) is -4.62.